The lowest BCUT2D eigenvalue weighted by molar-refractivity contribution is -0.0313. The third kappa shape index (κ3) is 6.43. The second-order valence-corrected chi connectivity index (χ2v) is 7.86. The summed E-state index contributed by atoms with van der Waals surface area (Å²) in [6.45, 7) is 6.60. The fourth-order valence-electron chi connectivity index (χ4n) is 4.11. The molecule has 2 fully saturated rings. The number of hydrogen-bond donors (Lipinski definition) is 3. The Morgan fingerprint density at radius 2 is 2.00 bits per heavy atom. The zero-order chi connectivity index (χ0) is 19.3. The Balaban J connectivity index is 0.00000210. The highest BCUT2D eigenvalue weighted by Crippen LogP contribution is 2.21. The Morgan fingerprint density at radius 1 is 1.28 bits per heavy atom. The highest BCUT2D eigenvalue weighted by atomic mass is 35.5. The van der Waals surface area contributed by atoms with E-state index in [4.69, 9.17) is 4.74 Å². The average molecular weight is 449 g/mol. The van der Waals surface area contributed by atoms with E-state index in [2.05, 4.69) is 16.0 Å². The molecule has 1 aromatic rings. The van der Waals surface area contributed by atoms with Crippen molar-refractivity contribution in [3.8, 4) is 0 Å². The number of halogens is 2. The van der Waals surface area contributed by atoms with Crippen molar-refractivity contribution in [2.24, 2.45) is 5.92 Å². The second kappa shape index (κ2) is 11.9. The van der Waals surface area contributed by atoms with Crippen LogP contribution >= 0.6 is 24.8 Å². The van der Waals surface area contributed by atoms with Gasteiger partial charge in [-0.15, -0.1) is 24.8 Å². The van der Waals surface area contributed by atoms with E-state index in [0.29, 0.717) is 24.6 Å². The van der Waals surface area contributed by atoms with Crippen molar-refractivity contribution < 1.29 is 9.53 Å². The number of aryl methyl sites for hydroxylation is 1. The van der Waals surface area contributed by atoms with E-state index in [1.807, 2.05) is 19.2 Å². The standard InChI is InChI=1S/C20H32N4O3.2ClH/c1-15-5-11-24(13-16-4-3-8-22-12-16)19(26)17(15)18(25)23-14-20(27-2)6-9-21-10-7-20;;/h5,11,16,21-22H,3-4,6-10,12-14H2,1-2H3,(H,23,25);2*1H. The molecule has 3 N–H and O–H groups in total. The van der Waals surface area contributed by atoms with Crippen LogP contribution in [0.5, 0.6) is 0 Å². The maximum atomic E-state index is 12.9. The molecule has 0 spiro atoms. The minimum atomic E-state index is -0.351. The van der Waals surface area contributed by atoms with Crippen LogP contribution in [0.3, 0.4) is 0 Å². The van der Waals surface area contributed by atoms with E-state index in [0.717, 1.165) is 51.9 Å². The van der Waals surface area contributed by atoms with Gasteiger partial charge in [0.05, 0.1) is 5.60 Å². The molecule has 3 rings (SSSR count). The van der Waals surface area contributed by atoms with Gasteiger partial charge in [-0.3, -0.25) is 9.59 Å². The number of ether oxygens (including phenoxy) is 1. The Kier molecular flexibility index (Phi) is 10.6. The molecular weight excluding hydrogens is 415 g/mol. The molecule has 1 aromatic heterocycles. The molecule has 166 valence electrons. The summed E-state index contributed by atoms with van der Waals surface area (Å²) in [5, 5.41) is 9.64. The fraction of sp³-hybridized carbons (Fsp3) is 0.700. The van der Waals surface area contributed by atoms with E-state index in [1.54, 1.807) is 11.7 Å². The van der Waals surface area contributed by atoms with Crippen molar-refractivity contribution in [2.45, 2.75) is 44.8 Å². The van der Waals surface area contributed by atoms with Crippen LogP contribution in [0.2, 0.25) is 0 Å². The normalized spacial score (nSPS) is 20.8. The number of nitrogens with zero attached hydrogens (tertiary/aromatic N) is 1. The summed E-state index contributed by atoms with van der Waals surface area (Å²) >= 11 is 0. The number of pyridine rings is 1. The monoisotopic (exact) mass is 448 g/mol. The second-order valence-electron chi connectivity index (χ2n) is 7.86. The summed E-state index contributed by atoms with van der Waals surface area (Å²) in [5.74, 6) is 0.130. The zero-order valence-electron chi connectivity index (χ0n) is 17.3. The van der Waals surface area contributed by atoms with Crippen molar-refractivity contribution in [2.75, 3.05) is 39.8 Å². The van der Waals surface area contributed by atoms with Gasteiger partial charge in [0.2, 0.25) is 0 Å². The Morgan fingerprint density at radius 3 is 2.62 bits per heavy atom. The Labute approximate surface area is 185 Å². The molecule has 2 aliphatic heterocycles. The van der Waals surface area contributed by atoms with Gasteiger partial charge in [-0.25, -0.2) is 0 Å². The van der Waals surface area contributed by atoms with E-state index in [9.17, 15) is 9.59 Å². The molecule has 0 aromatic carbocycles. The molecule has 0 aliphatic carbocycles. The minimum absolute atomic E-state index is 0. The van der Waals surface area contributed by atoms with Crippen LogP contribution in [0.15, 0.2) is 17.1 Å². The van der Waals surface area contributed by atoms with Gasteiger partial charge in [-0.2, -0.15) is 0 Å². The summed E-state index contributed by atoms with van der Waals surface area (Å²) in [5.41, 5.74) is 0.416. The third-order valence-electron chi connectivity index (χ3n) is 5.97. The van der Waals surface area contributed by atoms with Crippen LogP contribution in [-0.4, -0.2) is 55.9 Å². The number of rotatable bonds is 6. The van der Waals surface area contributed by atoms with Crippen LogP contribution in [0.25, 0.3) is 0 Å². The predicted molar refractivity (Wildman–Crippen MR) is 120 cm³/mol. The van der Waals surface area contributed by atoms with Gasteiger partial charge in [0.1, 0.15) is 5.56 Å². The third-order valence-corrected chi connectivity index (χ3v) is 5.97. The van der Waals surface area contributed by atoms with Crippen molar-refractivity contribution in [1.29, 1.82) is 0 Å². The lowest BCUT2D eigenvalue weighted by Crippen LogP contribution is -2.51. The molecule has 0 saturated carbocycles. The van der Waals surface area contributed by atoms with Gasteiger partial charge in [0.15, 0.2) is 0 Å². The minimum Gasteiger partial charge on any atom is -0.376 e. The number of piperidine rings is 2. The van der Waals surface area contributed by atoms with E-state index >= 15 is 0 Å². The molecule has 2 aliphatic rings. The summed E-state index contributed by atoms with van der Waals surface area (Å²) in [7, 11) is 1.69. The molecule has 1 atom stereocenters. The number of carbonyl (C=O) groups is 1. The first-order valence-corrected chi connectivity index (χ1v) is 9.99. The first-order valence-electron chi connectivity index (χ1n) is 9.99. The van der Waals surface area contributed by atoms with E-state index in [1.165, 1.54) is 0 Å². The predicted octanol–water partition coefficient (Wildman–Crippen LogP) is 1.50. The molecule has 9 heteroatoms. The van der Waals surface area contributed by atoms with Crippen molar-refractivity contribution in [3.63, 3.8) is 0 Å². The molecule has 1 amide bonds. The molecule has 0 radical (unpaired) electrons. The molecule has 2 saturated heterocycles. The van der Waals surface area contributed by atoms with Gasteiger partial charge < -0.3 is 25.3 Å². The number of methoxy groups -OCH3 is 1. The van der Waals surface area contributed by atoms with E-state index < -0.39 is 0 Å². The Hall–Kier alpha value is -1.12. The SMILES string of the molecule is COC1(CNC(=O)c2c(C)ccn(CC3CCCNC3)c2=O)CCNCC1.Cl.Cl. The highest BCUT2D eigenvalue weighted by molar-refractivity contribution is 5.95. The zero-order valence-corrected chi connectivity index (χ0v) is 18.9. The van der Waals surface area contributed by atoms with Gasteiger partial charge >= 0.3 is 0 Å². The van der Waals surface area contributed by atoms with Gasteiger partial charge in [-0.1, -0.05) is 0 Å². The number of amides is 1. The topological polar surface area (TPSA) is 84.4 Å². The average Bonchev–Trinajstić information content (AvgIpc) is 2.70. The molecule has 29 heavy (non-hydrogen) atoms. The summed E-state index contributed by atoms with van der Waals surface area (Å²) in [6, 6.07) is 1.86. The van der Waals surface area contributed by atoms with Crippen LogP contribution in [0, 0.1) is 12.8 Å². The fourth-order valence-corrected chi connectivity index (χ4v) is 4.11. The van der Waals surface area contributed by atoms with Gasteiger partial charge in [0, 0.05) is 26.4 Å². The molecule has 0 bridgehead atoms. The van der Waals surface area contributed by atoms with Crippen LogP contribution < -0.4 is 21.5 Å². The summed E-state index contributed by atoms with van der Waals surface area (Å²) in [6.07, 6.45) is 5.74. The molecule has 7 nitrogen and oxygen atoms in total. The molecule has 1 unspecified atom stereocenters. The summed E-state index contributed by atoms with van der Waals surface area (Å²) in [4.78, 5) is 25.8. The van der Waals surface area contributed by atoms with Crippen LogP contribution in [0.4, 0.5) is 0 Å². The smallest absolute Gasteiger partial charge is 0.263 e. The van der Waals surface area contributed by atoms with Crippen molar-refractivity contribution >= 4 is 30.7 Å². The quantitative estimate of drug-likeness (QED) is 0.613. The van der Waals surface area contributed by atoms with Crippen LogP contribution in [0.1, 0.15) is 41.6 Å². The first-order chi connectivity index (χ1) is 13.0. The first kappa shape index (κ1) is 25.9. The Bertz CT molecular complexity index is 714. The number of aromatic nitrogens is 1. The van der Waals surface area contributed by atoms with E-state index in [-0.39, 0.29) is 47.4 Å². The van der Waals surface area contributed by atoms with Crippen molar-refractivity contribution in [3.05, 3.63) is 33.7 Å². The summed E-state index contributed by atoms with van der Waals surface area (Å²) < 4.78 is 7.40. The number of hydrogen-bond acceptors (Lipinski definition) is 5. The van der Waals surface area contributed by atoms with Gasteiger partial charge in [0.25, 0.3) is 11.5 Å². The highest BCUT2D eigenvalue weighted by Gasteiger charge is 2.32. The lowest BCUT2D eigenvalue weighted by atomic mass is 9.92. The number of carbonyl (C=O) groups excluding carboxylic acids is 1. The number of nitrogens with one attached hydrogen (secondary N) is 3. The molecular formula is C20H34Cl2N4O3. The van der Waals surface area contributed by atoms with Crippen LogP contribution in [-0.2, 0) is 11.3 Å². The maximum absolute atomic E-state index is 12.9. The lowest BCUT2D eigenvalue weighted by Gasteiger charge is -2.36. The van der Waals surface area contributed by atoms with Gasteiger partial charge in [-0.05, 0) is 76.3 Å². The largest absolute Gasteiger partial charge is 0.376 e. The van der Waals surface area contributed by atoms with Crippen molar-refractivity contribution in [1.82, 2.24) is 20.5 Å². The maximum Gasteiger partial charge on any atom is 0.263 e. The molecule has 3 heterocycles.